The summed E-state index contributed by atoms with van der Waals surface area (Å²) < 4.78 is 18.6. The Labute approximate surface area is 101 Å². The number of hydrogen-bond donors (Lipinski definition) is 1. The molecular formula is C11H8FN3O3. The Morgan fingerprint density at radius 3 is 2.72 bits per heavy atom. The van der Waals surface area contributed by atoms with Crippen molar-refractivity contribution in [2.75, 3.05) is 5.73 Å². The Morgan fingerprint density at radius 1 is 1.33 bits per heavy atom. The third-order valence-corrected chi connectivity index (χ3v) is 2.10. The molecule has 0 atom stereocenters. The van der Waals surface area contributed by atoms with Crippen LogP contribution in [0.1, 0.15) is 0 Å². The Morgan fingerprint density at radius 2 is 2.11 bits per heavy atom. The molecular weight excluding hydrogens is 241 g/mol. The summed E-state index contributed by atoms with van der Waals surface area (Å²) >= 11 is 0. The quantitative estimate of drug-likeness (QED) is 0.666. The number of ether oxygens (including phenoxy) is 1. The molecule has 0 saturated heterocycles. The molecule has 18 heavy (non-hydrogen) atoms. The molecule has 1 aromatic heterocycles. The molecule has 0 amide bonds. The lowest BCUT2D eigenvalue weighted by molar-refractivity contribution is -0.385. The third-order valence-electron chi connectivity index (χ3n) is 2.10. The fraction of sp³-hybridized carbons (Fsp3) is 0. The first-order valence-electron chi connectivity index (χ1n) is 4.89. The van der Waals surface area contributed by atoms with Gasteiger partial charge in [-0.15, -0.1) is 0 Å². The van der Waals surface area contributed by atoms with E-state index in [0.29, 0.717) is 5.69 Å². The summed E-state index contributed by atoms with van der Waals surface area (Å²) in [5.41, 5.74) is 5.58. The molecule has 6 nitrogen and oxygen atoms in total. The van der Waals surface area contributed by atoms with Crippen LogP contribution in [0.5, 0.6) is 11.6 Å². The summed E-state index contributed by atoms with van der Waals surface area (Å²) in [6.45, 7) is 0. The van der Waals surface area contributed by atoms with Crippen LogP contribution in [0, 0.1) is 15.9 Å². The van der Waals surface area contributed by atoms with Crippen LogP contribution in [0.15, 0.2) is 36.5 Å². The highest BCUT2D eigenvalue weighted by molar-refractivity contribution is 5.43. The van der Waals surface area contributed by atoms with Crippen LogP contribution in [-0.4, -0.2) is 9.91 Å². The zero-order chi connectivity index (χ0) is 13.1. The second-order valence-electron chi connectivity index (χ2n) is 3.40. The first-order valence-corrected chi connectivity index (χ1v) is 4.89. The lowest BCUT2D eigenvalue weighted by Gasteiger charge is -2.05. The van der Waals surface area contributed by atoms with Gasteiger partial charge in [0.05, 0.1) is 11.0 Å². The molecule has 0 unspecified atom stereocenters. The van der Waals surface area contributed by atoms with E-state index in [1.54, 1.807) is 6.07 Å². The van der Waals surface area contributed by atoms with E-state index in [1.165, 1.54) is 18.3 Å². The second-order valence-corrected chi connectivity index (χ2v) is 3.40. The van der Waals surface area contributed by atoms with Crippen LogP contribution in [-0.2, 0) is 0 Å². The Kier molecular flexibility index (Phi) is 3.05. The first-order chi connectivity index (χ1) is 8.56. The number of benzene rings is 1. The smallest absolute Gasteiger partial charge is 0.272 e. The SMILES string of the molecule is Nc1ccnc(Oc2ccc([N+](=O)[O-])cc2F)c1. The molecule has 0 aliphatic rings. The maximum absolute atomic E-state index is 13.5. The standard InChI is InChI=1S/C11H8FN3O3/c12-9-6-8(15(16)17)1-2-10(9)18-11-5-7(13)3-4-14-11/h1-6H,(H2,13,14). The molecule has 0 spiro atoms. The molecule has 0 radical (unpaired) electrons. The molecule has 2 N–H and O–H groups in total. The van der Waals surface area contributed by atoms with E-state index < -0.39 is 10.7 Å². The van der Waals surface area contributed by atoms with Crippen molar-refractivity contribution < 1.29 is 14.1 Å². The van der Waals surface area contributed by atoms with E-state index in [2.05, 4.69) is 4.98 Å². The number of rotatable bonds is 3. The van der Waals surface area contributed by atoms with Gasteiger partial charge in [-0.1, -0.05) is 0 Å². The van der Waals surface area contributed by atoms with Gasteiger partial charge in [0.25, 0.3) is 5.69 Å². The minimum absolute atomic E-state index is 0.114. The number of nitro benzene ring substituents is 1. The molecule has 92 valence electrons. The molecule has 0 saturated carbocycles. The van der Waals surface area contributed by atoms with Crippen LogP contribution in [0.4, 0.5) is 15.8 Å². The average molecular weight is 249 g/mol. The second kappa shape index (κ2) is 4.66. The Hall–Kier alpha value is -2.70. The highest BCUT2D eigenvalue weighted by atomic mass is 19.1. The van der Waals surface area contributed by atoms with Crippen molar-refractivity contribution in [3.05, 3.63) is 52.5 Å². The number of nitro groups is 1. The lowest BCUT2D eigenvalue weighted by Crippen LogP contribution is -1.94. The molecule has 0 fully saturated rings. The Balaban J connectivity index is 2.27. The number of nitrogens with two attached hydrogens (primary N) is 1. The van der Waals surface area contributed by atoms with Gasteiger partial charge in [0.2, 0.25) is 5.88 Å². The van der Waals surface area contributed by atoms with Crippen molar-refractivity contribution in [1.29, 1.82) is 0 Å². The minimum atomic E-state index is -0.839. The van der Waals surface area contributed by atoms with Gasteiger partial charge in [-0.2, -0.15) is 0 Å². The summed E-state index contributed by atoms with van der Waals surface area (Å²) in [5.74, 6) is -0.880. The molecule has 2 aromatic rings. The highest BCUT2D eigenvalue weighted by Crippen LogP contribution is 2.26. The summed E-state index contributed by atoms with van der Waals surface area (Å²) in [6.07, 6.45) is 1.41. The number of pyridine rings is 1. The summed E-state index contributed by atoms with van der Waals surface area (Å²) in [5, 5.41) is 10.4. The van der Waals surface area contributed by atoms with E-state index in [9.17, 15) is 14.5 Å². The van der Waals surface area contributed by atoms with Crippen LogP contribution < -0.4 is 10.5 Å². The van der Waals surface area contributed by atoms with Crippen LogP contribution in [0.2, 0.25) is 0 Å². The van der Waals surface area contributed by atoms with E-state index in [0.717, 1.165) is 12.1 Å². The van der Waals surface area contributed by atoms with Gasteiger partial charge >= 0.3 is 0 Å². The van der Waals surface area contributed by atoms with Gasteiger partial charge in [-0.25, -0.2) is 9.37 Å². The van der Waals surface area contributed by atoms with Gasteiger partial charge in [-0.3, -0.25) is 10.1 Å². The maximum Gasteiger partial charge on any atom is 0.272 e. The number of nitrogen functional groups attached to an aromatic ring is 1. The van der Waals surface area contributed by atoms with Gasteiger partial charge in [0.1, 0.15) is 0 Å². The summed E-state index contributed by atoms with van der Waals surface area (Å²) in [7, 11) is 0. The fourth-order valence-electron chi connectivity index (χ4n) is 1.28. The van der Waals surface area contributed by atoms with E-state index >= 15 is 0 Å². The predicted molar refractivity (Wildman–Crippen MR) is 61.8 cm³/mol. The van der Waals surface area contributed by atoms with Crippen LogP contribution in [0.25, 0.3) is 0 Å². The van der Waals surface area contributed by atoms with E-state index in [4.69, 9.17) is 10.5 Å². The number of anilines is 1. The van der Waals surface area contributed by atoms with Crippen LogP contribution in [0.3, 0.4) is 0 Å². The monoisotopic (exact) mass is 249 g/mol. The van der Waals surface area contributed by atoms with Gasteiger partial charge in [0.15, 0.2) is 11.6 Å². The number of nitrogens with zero attached hydrogens (tertiary/aromatic N) is 2. The minimum Gasteiger partial charge on any atom is -0.436 e. The molecule has 0 aliphatic carbocycles. The zero-order valence-corrected chi connectivity index (χ0v) is 9.04. The number of hydrogen-bond acceptors (Lipinski definition) is 5. The number of aromatic nitrogens is 1. The normalized spacial score (nSPS) is 10.1. The van der Waals surface area contributed by atoms with E-state index in [1.807, 2.05) is 0 Å². The molecule has 1 aromatic carbocycles. The third kappa shape index (κ3) is 2.51. The largest absolute Gasteiger partial charge is 0.436 e. The maximum atomic E-state index is 13.5. The number of non-ortho nitro benzene ring substituents is 1. The zero-order valence-electron chi connectivity index (χ0n) is 9.04. The van der Waals surface area contributed by atoms with Crippen LogP contribution >= 0.6 is 0 Å². The first kappa shape index (κ1) is 11.8. The molecule has 0 aliphatic heterocycles. The molecule has 2 rings (SSSR count). The number of halogens is 1. The summed E-state index contributed by atoms with van der Waals surface area (Å²) in [4.78, 5) is 13.6. The van der Waals surface area contributed by atoms with Crippen molar-refractivity contribution in [1.82, 2.24) is 4.98 Å². The van der Waals surface area contributed by atoms with Crippen molar-refractivity contribution >= 4 is 11.4 Å². The fourth-order valence-corrected chi connectivity index (χ4v) is 1.28. The van der Waals surface area contributed by atoms with Gasteiger partial charge in [0, 0.05) is 24.0 Å². The van der Waals surface area contributed by atoms with E-state index in [-0.39, 0.29) is 17.3 Å². The highest BCUT2D eigenvalue weighted by Gasteiger charge is 2.12. The van der Waals surface area contributed by atoms with Gasteiger partial charge < -0.3 is 10.5 Å². The van der Waals surface area contributed by atoms with Crippen molar-refractivity contribution in [3.8, 4) is 11.6 Å². The van der Waals surface area contributed by atoms with Crippen molar-refractivity contribution in [3.63, 3.8) is 0 Å². The predicted octanol–water partition coefficient (Wildman–Crippen LogP) is 2.50. The topological polar surface area (TPSA) is 91.3 Å². The average Bonchev–Trinajstić information content (AvgIpc) is 2.31. The molecule has 0 bridgehead atoms. The lowest BCUT2D eigenvalue weighted by atomic mass is 10.3. The van der Waals surface area contributed by atoms with Crippen molar-refractivity contribution in [2.24, 2.45) is 0 Å². The summed E-state index contributed by atoms with van der Waals surface area (Å²) in [6, 6.07) is 6.06. The van der Waals surface area contributed by atoms with Gasteiger partial charge in [-0.05, 0) is 12.1 Å². The van der Waals surface area contributed by atoms with Crippen molar-refractivity contribution in [2.45, 2.75) is 0 Å². The molecule has 1 heterocycles. The Bertz CT molecular complexity index is 604. The molecule has 7 heteroatoms.